The Bertz CT molecular complexity index is 1580. The maximum absolute atomic E-state index is 14.4. The van der Waals surface area contributed by atoms with Crippen LogP contribution in [0.15, 0.2) is 72.9 Å². The highest BCUT2D eigenvalue weighted by molar-refractivity contribution is 5.90. The number of halogens is 3. The van der Waals surface area contributed by atoms with Gasteiger partial charge in [-0.25, -0.2) is 22.8 Å². The van der Waals surface area contributed by atoms with Gasteiger partial charge in [0.15, 0.2) is 23.1 Å². The zero-order valence-corrected chi connectivity index (χ0v) is 20.6. The Labute approximate surface area is 221 Å². The molecule has 1 saturated heterocycles. The van der Waals surface area contributed by atoms with Gasteiger partial charge in [-0.15, -0.1) is 0 Å². The summed E-state index contributed by atoms with van der Waals surface area (Å²) in [7, 11) is 0. The topological polar surface area (TPSA) is 86.1 Å². The van der Waals surface area contributed by atoms with Crippen molar-refractivity contribution in [1.29, 1.82) is 0 Å². The molecular weight excluding hydrogens is 509 g/mol. The second-order valence-corrected chi connectivity index (χ2v) is 9.00. The molecule has 0 spiro atoms. The molecule has 6 rings (SSSR count). The number of fused-ring (bicyclic) bond motifs is 1. The first kappa shape index (κ1) is 24.7. The number of hydrogen-bond donors (Lipinski definition) is 2. The van der Waals surface area contributed by atoms with Gasteiger partial charge in [-0.2, -0.15) is 10.1 Å². The molecule has 0 radical (unpaired) electrons. The standard InChI is InChI=1S/C28H23F3N6O2/c29-17-14-23(30)25(24(31)15-17)34-26-22-16-32-28(35-27(22)37(36-26)19-10-12-38-13-11-19)33-18-6-8-21(9-7-18)39-20-4-2-1-3-5-20/h1-9,14-16,19H,10-13H2,(H,34,36)(H,32,33,35). The zero-order valence-electron chi connectivity index (χ0n) is 20.6. The summed E-state index contributed by atoms with van der Waals surface area (Å²) in [6, 6.07) is 18.0. The lowest BCUT2D eigenvalue weighted by molar-refractivity contribution is 0.0674. The average molecular weight is 533 g/mol. The minimum atomic E-state index is -1.07. The number of benzene rings is 3. The van der Waals surface area contributed by atoms with Gasteiger partial charge >= 0.3 is 0 Å². The van der Waals surface area contributed by atoms with Gasteiger partial charge in [-0.1, -0.05) is 18.2 Å². The fraction of sp³-hybridized carbons (Fsp3) is 0.179. The molecule has 11 heteroatoms. The number of aromatic nitrogens is 4. The van der Waals surface area contributed by atoms with E-state index in [1.807, 2.05) is 54.6 Å². The number of para-hydroxylation sites is 1. The molecule has 0 amide bonds. The van der Waals surface area contributed by atoms with Crippen molar-refractivity contribution in [3.05, 3.63) is 90.4 Å². The molecule has 1 aliphatic rings. The van der Waals surface area contributed by atoms with Gasteiger partial charge in [0.25, 0.3) is 0 Å². The highest BCUT2D eigenvalue weighted by Crippen LogP contribution is 2.33. The van der Waals surface area contributed by atoms with E-state index >= 15 is 0 Å². The van der Waals surface area contributed by atoms with E-state index in [1.165, 1.54) is 6.20 Å². The number of nitrogens with one attached hydrogen (secondary N) is 2. The van der Waals surface area contributed by atoms with Crippen LogP contribution in [-0.2, 0) is 4.74 Å². The molecule has 39 heavy (non-hydrogen) atoms. The first-order valence-electron chi connectivity index (χ1n) is 12.4. The Morgan fingerprint density at radius 2 is 1.56 bits per heavy atom. The summed E-state index contributed by atoms with van der Waals surface area (Å²) in [5.41, 5.74) is 0.712. The molecule has 3 heterocycles. The van der Waals surface area contributed by atoms with E-state index in [4.69, 9.17) is 9.47 Å². The number of anilines is 4. The Kier molecular flexibility index (Phi) is 6.72. The summed E-state index contributed by atoms with van der Waals surface area (Å²) in [5.74, 6) is -1.25. The van der Waals surface area contributed by atoms with Crippen molar-refractivity contribution in [3.63, 3.8) is 0 Å². The van der Waals surface area contributed by atoms with Gasteiger partial charge in [-0.05, 0) is 49.2 Å². The number of ether oxygens (including phenoxy) is 2. The molecule has 0 aliphatic carbocycles. The number of nitrogens with zero attached hydrogens (tertiary/aromatic N) is 4. The lowest BCUT2D eigenvalue weighted by atomic mass is 10.1. The fourth-order valence-corrected chi connectivity index (χ4v) is 4.40. The van der Waals surface area contributed by atoms with Crippen LogP contribution < -0.4 is 15.4 Å². The van der Waals surface area contributed by atoms with Crippen molar-refractivity contribution in [2.24, 2.45) is 0 Å². The van der Waals surface area contributed by atoms with E-state index in [-0.39, 0.29) is 11.9 Å². The Morgan fingerprint density at radius 1 is 0.872 bits per heavy atom. The fourth-order valence-electron chi connectivity index (χ4n) is 4.40. The minimum absolute atomic E-state index is 0.0307. The molecule has 0 saturated carbocycles. The maximum Gasteiger partial charge on any atom is 0.229 e. The molecule has 5 aromatic rings. The third-order valence-electron chi connectivity index (χ3n) is 6.32. The van der Waals surface area contributed by atoms with Crippen LogP contribution in [0, 0.1) is 17.5 Å². The van der Waals surface area contributed by atoms with Crippen LogP contribution >= 0.6 is 0 Å². The van der Waals surface area contributed by atoms with Crippen LogP contribution in [0.1, 0.15) is 18.9 Å². The molecule has 8 nitrogen and oxygen atoms in total. The molecule has 0 atom stereocenters. The molecule has 0 unspecified atom stereocenters. The number of hydrogen-bond acceptors (Lipinski definition) is 7. The molecule has 198 valence electrons. The molecule has 2 aromatic heterocycles. The van der Waals surface area contributed by atoms with E-state index in [2.05, 4.69) is 25.7 Å². The molecule has 2 N–H and O–H groups in total. The Morgan fingerprint density at radius 3 is 2.28 bits per heavy atom. The third kappa shape index (κ3) is 5.34. The van der Waals surface area contributed by atoms with E-state index in [9.17, 15) is 13.2 Å². The monoisotopic (exact) mass is 532 g/mol. The van der Waals surface area contributed by atoms with Crippen LogP contribution in [0.3, 0.4) is 0 Å². The maximum atomic E-state index is 14.4. The van der Waals surface area contributed by atoms with Gasteiger partial charge in [-0.3, -0.25) is 0 Å². The summed E-state index contributed by atoms with van der Waals surface area (Å²) in [5, 5.41) is 10.9. The van der Waals surface area contributed by atoms with Crippen LogP contribution in [0.25, 0.3) is 11.0 Å². The van der Waals surface area contributed by atoms with E-state index < -0.39 is 23.1 Å². The molecule has 0 bridgehead atoms. The van der Waals surface area contributed by atoms with Crippen molar-refractivity contribution in [3.8, 4) is 11.5 Å². The second kappa shape index (κ2) is 10.6. The molecule has 1 aliphatic heterocycles. The molecular formula is C28H23F3N6O2. The number of rotatable bonds is 7. The van der Waals surface area contributed by atoms with Gasteiger partial charge in [0.2, 0.25) is 5.95 Å². The molecule has 3 aromatic carbocycles. The normalized spacial score (nSPS) is 13.9. The van der Waals surface area contributed by atoms with Crippen molar-refractivity contribution in [2.75, 3.05) is 23.8 Å². The van der Waals surface area contributed by atoms with Crippen LogP contribution in [0.2, 0.25) is 0 Å². The Hall–Kier alpha value is -4.64. The smallest absolute Gasteiger partial charge is 0.229 e. The first-order valence-corrected chi connectivity index (χ1v) is 12.4. The van der Waals surface area contributed by atoms with Crippen molar-refractivity contribution in [1.82, 2.24) is 19.7 Å². The quantitative estimate of drug-likeness (QED) is 0.236. The summed E-state index contributed by atoms with van der Waals surface area (Å²) in [6.45, 7) is 1.12. The zero-order chi connectivity index (χ0) is 26.8. The highest BCUT2D eigenvalue weighted by atomic mass is 19.1. The van der Waals surface area contributed by atoms with Crippen molar-refractivity contribution in [2.45, 2.75) is 18.9 Å². The van der Waals surface area contributed by atoms with E-state index in [0.717, 1.165) is 11.4 Å². The van der Waals surface area contributed by atoms with Gasteiger partial charge in [0.05, 0.1) is 11.4 Å². The lowest BCUT2D eigenvalue weighted by Gasteiger charge is -2.22. The summed E-state index contributed by atoms with van der Waals surface area (Å²) < 4.78 is 55.2. The van der Waals surface area contributed by atoms with Crippen LogP contribution in [0.5, 0.6) is 11.5 Å². The third-order valence-corrected chi connectivity index (χ3v) is 6.32. The van der Waals surface area contributed by atoms with E-state index in [1.54, 1.807) is 4.68 Å². The largest absolute Gasteiger partial charge is 0.457 e. The van der Waals surface area contributed by atoms with Crippen LogP contribution in [-0.4, -0.2) is 33.0 Å². The summed E-state index contributed by atoms with van der Waals surface area (Å²) in [4.78, 5) is 9.07. The highest BCUT2D eigenvalue weighted by Gasteiger charge is 2.24. The Balaban J connectivity index is 1.30. The van der Waals surface area contributed by atoms with Gasteiger partial charge in [0, 0.05) is 37.2 Å². The van der Waals surface area contributed by atoms with Crippen molar-refractivity contribution >= 4 is 34.2 Å². The van der Waals surface area contributed by atoms with Gasteiger partial charge in [0.1, 0.15) is 23.0 Å². The summed E-state index contributed by atoms with van der Waals surface area (Å²) in [6.07, 6.45) is 2.93. The van der Waals surface area contributed by atoms with E-state index in [0.29, 0.717) is 60.9 Å². The SMILES string of the molecule is Fc1cc(F)c(Nc2nn(C3CCOCC3)c3nc(Nc4ccc(Oc5ccccc5)cc4)ncc23)c(F)c1. The predicted molar refractivity (Wildman–Crippen MR) is 140 cm³/mol. The van der Waals surface area contributed by atoms with Crippen LogP contribution in [0.4, 0.5) is 36.3 Å². The minimum Gasteiger partial charge on any atom is -0.457 e. The second-order valence-electron chi connectivity index (χ2n) is 9.00. The lowest BCUT2D eigenvalue weighted by Crippen LogP contribution is -2.21. The van der Waals surface area contributed by atoms with Crippen molar-refractivity contribution < 1.29 is 22.6 Å². The average Bonchev–Trinajstić information content (AvgIpc) is 3.30. The summed E-state index contributed by atoms with van der Waals surface area (Å²) >= 11 is 0. The predicted octanol–water partition coefficient (Wildman–Crippen LogP) is 6.87. The molecule has 1 fully saturated rings. The first-order chi connectivity index (χ1) is 19.0. The van der Waals surface area contributed by atoms with Gasteiger partial charge < -0.3 is 20.1 Å².